The van der Waals surface area contributed by atoms with Crippen LogP contribution in [0.3, 0.4) is 0 Å². The molecular weight excluding hydrogens is 324 g/mol. The molecule has 0 radical (unpaired) electrons. The Morgan fingerprint density at radius 1 is 1.08 bits per heavy atom. The average molecular weight is 339 g/mol. The molecule has 6 heteroatoms. The van der Waals surface area contributed by atoms with Crippen LogP contribution in [-0.4, -0.2) is 15.7 Å². The molecule has 0 saturated carbocycles. The number of nitrogens with one attached hydrogen (secondary N) is 2. The highest BCUT2D eigenvalue weighted by Crippen LogP contribution is 2.26. The normalized spacial score (nSPS) is 16.2. The Kier molecular flexibility index (Phi) is 3.70. The highest BCUT2D eigenvalue weighted by atomic mass is 35.5. The van der Waals surface area contributed by atoms with Gasteiger partial charge >= 0.3 is 0 Å². The number of carbonyl (C=O) groups is 1. The number of carbonyl (C=O) groups excluding carboxylic acids is 1. The minimum absolute atomic E-state index is 0.0896. The van der Waals surface area contributed by atoms with Gasteiger partial charge < -0.3 is 10.6 Å². The van der Waals surface area contributed by atoms with Gasteiger partial charge in [0.1, 0.15) is 6.17 Å². The van der Waals surface area contributed by atoms with E-state index in [0.717, 1.165) is 16.8 Å². The van der Waals surface area contributed by atoms with Crippen molar-refractivity contribution in [3.8, 4) is 0 Å². The van der Waals surface area contributed by atoms with Crippen LogP contribution in [0.15, 0.2) is 60.9 Å². The van der Waals surface area contributed by atoms with Gasteiger partial charge in [-0.2, -0.15) is 5.10 Å². The molecule has 0 aliphatic carbocycles. The zero-order valence-corrected chi connectivity index (χ0v) is 13.5. The van der Waals surface area contributed by atoms with Crippen molar-refractivity contribution in [1.29, 1.82) is 0 Å². The van der Waals surface area contributed by atoms with Gasteiger partial charge in [0.25, 0.3) is 5.91 Å². The predicted molar refractivity (Wildman–Crippen MR) is 93.1 cm³/mol. The molecule has 0 unspecified atom stereocenters. The van der Waals surface area contributed by atoms with Crippen LogP contribution in [0.25, 0.3) is 0 Å². The summed E-state index contributed by atoms with van der Waals surface area (Å²) in [6.45, 7) is 0.580. The third-order valence-corrected chi connectivity index (χ3v) is 4.39. The molecule has 2 heterocycles. The third kappa shape index (κ3) is 2.74. The molecule has 1 aliphatic heterocycles. The fourth-order valence-corrected chi connectivity index (χ4v) is 2.99. The number of anilines is 1. The zero-order chi connectivity index (χ0) is 16.5. The van der Waals surface area contributed by atoms with Crippen LogP contribution in [0.5, 0.6) is 0 Å². The number of aromatic nitrogens is 2. The first-order chi connectivity index (χ1) is 11.7. The van der Waals surface area contributed by atoms with Crippen LogP contribution in [-0.2, 0) is 6.54 Å². The molecular formula is C18H15ClN4O. The molecule has 4 rings (SSSR count). The molecule has 3 aromatic rings. The number of rotatable bonds is 3. The van der Waals surface area contributed by atoms with Crippen LogP contribution < -0.4 is 10.6 Å². The molecule has 1 aromatic heterocycles. The molecule has 120 valence electrons. The zero-order valence-electron chi connectivity index (χ0n) is 12.7. The average Bonchev–Trinajstić information content (AvgIpc) is 3.06. The van der Waals surface area contributed by atoms with Crippen LogP contribution in [0.1, 0.15) is 27.7 Å². The summed E-state index contributed by atoms with van der Waals surface area (Å²) in [4.78, 5) is 12.2. The lowest BCUT2D eigenvalue weighted by Gasteiger charge is -2.26. The Labute approximate surface area is 144 Å². The third-order valence-electron chi connectivity index (χ3n) is 4.02. The Bertz CT molecular complexity index is 905. The van der Waals surface area contributed by atoms with Crippen molar-refractivity contribution in [1.82, 2.24) is 15.1 Å². The van der Waals surface area contributed by atoms with E-state index < -0.39 is 0 Å². The van der Waals surface area contributed by atoms with Gasteiger partial charge in [0.05, 0.1) is 18.3 Å². The lowest BCUT2D eigenvalue weighted by Crippen LogP contribution is -2.38. The first-order valence-corrected chi connectivity index (χ1v) is 8.01. The summed E-state index contributed by atoms with van der Waals surface area (Å²) >= 11 is 6.19. The molecule has 1 atom stereocenters. The van der Waals surface area contributed by atoms with Crippen LogP contribution >= 0.6 is 11.6 Å². The SMILES string of the molecule is O=C1N[C@H](c2cnn(Cc3ccccc3Cl)c2)Nc2ccccc21. The second-order valence-electron chi connectivity index (χ2n) is 5.66. The molecule has 2 aromatic carbocycles. The van der Waals surface area contributed by atoms with Gasteiger partial charge in [-0.3, -0.25) is 9.48 Å². The largest absolute Gasteiger partial charge is 0.361 e. The summed E-state index contributed by atoms with van der Waals surface area (Å²) in [5, 5.41) is 11.4. The first kappa shape index (κ1) is 14.8. The number of nitrogens with zero attached hydrogens (tertiary/aromatic N) is 2. The summed E-state index contributed by atoms with van der Waals surface area (Å²) in [5.41, 5.74) is 3.37. The summed E-state index contributed by atoms with van der Waals surface area (Å²) in [6, 6.07) is 15.1. The van der Waals surface area contributed by atoms with E-state index in [-0.39, 0.29) is 12.1 Å². The Morgan fingerprint density at radius 2 is 1.88 bits per heavy atom. The van der Waals surface area contributed by atoms with Crippen LogP contribution in [0.4, 0.5) is 5.69 Å². The minimum Gasteiger partial charge on any atom is -0.361 e. The van der Waals surface area contributed by atoms with Crippen LogP contribution in [0.2, 0.25) is 5.02 Å². The Balaban J connectivity index is 1.56. The van der Waals surface area contributed by atoms with Gasteiger partial charge in [-0.25, -0.2) is 0 Å². The first-order valence-electron chi connectivity index (χ1n) is 7.63. The second kappa shape index (κ2) is 6.02. The highest BCUT2D eigenvalue weighted by molar-refractivity contribution is 6.31. The van der Waals surface area contributed by atoms with Gasteiger partial charge in [-0.1, -0.05) is 41.9 Å². The van der Waals surface area contributed by atoms with E-state index in [4.69, 9.17) is 11.6 Å². The summed E-state index contributed by atoms with van der Waals surface area (Å²) in [7, 11) is 0. The smallest absolute Gasteiger partial charge is 0.255 e. The molecule has 0 spiro atoms. The topological polar surface area (TPSA) is 59.0 Å². The van der Waals surface area contributed by atoms with E-state index in [1.54, 1.807) is 12.3 Å². The molecule has 5 nitrogen and oxygen atoms in total. The quantitative estimate of drug-likeness (QED) is 0.769. The number of benzene rings is 2. The minimum atomic E-state index is -0.299. The fourth-order valence-electron chi connectivity index (χ4n) is 2.79. The van der Waals surface area contributed by atoms with Crippen molar-refractivity contribution >= 4 is 23.2 Å². The van der Waals surface area contributed by atoms with Crippen molar-refractivity contribution in [3.05, 3.63) is 82.6 Å². The standard InChI is InChI=1S/C18H15ClN4O/c19-15-7-3-1-5-12(15)10-23-11-13(9-20-23)17-21-16-8-4-2-6-14(16)18(24)22-17/h1-9,11,17,21H,10H2,(H,22,24)/t17-/m1/s1. The van der Waals surface area contributed by atoms with Gasteiger partial charge in [0.2, 0.25) is 0 Å². The lowest BCUT2D eigenvalue weighted by molar-refractivity contribution is 0.0935. The molecule has 1 amide bonds. The number of amides is 1. The summed E-state index contributed by atoms with van der Waals surface area (Å²) < 4.78 is 1.81. The maximum Gasteiger partial charge on any atom is 0.255 e. The van der Waals surface area contributed by atoms with Crippen molar-refractivity contribution in [2.24, 2.45) is 0 Å². The molecule has 24 heavy (non-hydrogen) atoms. The Morgan fingerprint density at radius 3 is 2.75 bits per heavy atom. The second-order valence-corrected chi connectivity index (χ2v) is 6.07. The number of para-hydroxylation sites is 1. The fraction of sp³-hybridized carbons (Fsp3) is 0.111. The van der Waals surface area contributed by atoms with Crippen molar-refractivity contribution < 1.29 is 4.79 Å². The van der Waals surface area contributed by atoms with E-state index in [1.165, 1.54) is 0 Å². The highest BCUT2D eigenvalue weighted by Gasteiger charge is 2.24. The number of hydrogen-bond acceptors (Lipinski definition) is 3. The van der Waals surface area contributed by atoms with E-state index in [1.807, 2.05) is 53.3 Å². The van der Waals surface area contributed by atoms with Gasteiger partial charge in [-0.05, 0) is 23.8 Å². The van der Waals surface area contributed by atoms with Gasteiger partial charge in [-0.15, -0.1) is 0 Å². The van der Waals surface area contributed by atoms with E-state index in [2.05, 4.69) is 15.7 Å². The number of halogens is 1. The number of fused-ring (bicyclic) bond motifs is 1. The van der Waals surface area contributed by atoms with E-state index in [9.17, 15) is 4.79 Å². The number of hydrogen-bond donors (Lipinski definition) is 2. The maximum absolute atomic E-state index is 12.2. The summed E-state index contributed by atoms with van der Waals surface area (Å²) in [5.74, 6) is -0.0896. The molecule has 1 aliphatic rings. The van der Waals surface area contributed by atoms with E-state index in [0.29, 0.717) is 17.1 Å². The molecule has 0 saturated heterocycles. The van der Waals surface area contributed by atoms with Crippen molar-refractivity contribution in [3.63, 3.8) is 0 Å². The lowest BCUT2D eigenvalue weighted by atomic mass is 10.1. The maximum atomic E-state index is 12.2. The van der Waals surface area contributed by atoms with Crippen LogP contribution in [0, 0.1) is 0 Å². The molecule has 0 bridgehead atoms. The molecule has 0 fully saturated rings. The Hall–Kier alpha value is -2.79. The van der Waals surface area contributed by atoms with Crippen molar-refractivity contribution in [2.45, 2.75) is 12.7 Å². The van der Waals surface area contributed by atoms with Crippen molar-refractivity contribution in [2.75, 3.05) is 5.32 Å². The van der Waals surface area contributed by atoms with Gasteiger partial charge in [0.15, 0.2) is 0 Å². The van der Waals surface area contributed by atoms with E-state index >= 15 is 0 Å². The predicted octanol–water partition coefficient (Wildman–Crippen LogP) is 3.44. The summed E-state index contributed by atoms with van der Waals surface area (Å²) in [6.07, 6.45) is 3.37. The monoisotopic (exact) mass is 338 g/mol. The molecule has 2 N–H and O–H groups in total. The van der Waals surface area contributed by atoms with Gasteiger partial charge in [0, 0.05) is 22.5 Å².